The van der Waals surface area contributed by atoms with Gasteiger partial charge in [-0.25, -0.2) is 17.2 Å². The zero-order valence-electron chi connectivity index (χ0n) is 12.4. The molecule has 0 fully saturated rings. The molecule has 0 saturated heterocycles. The molecule has 1 N–H and O–H groups in total. The van der Waals surface area contributed by atoms with Crippen molar-refractivity contribution in [2.24, 2.45) is 0 Å². The molecular weight excluding hydrogens is 451 g/mol. The Hall–Kier alpha value is -1.72. The fourth-order valence-electron chi connectivity index (χ4n) is 2.63. The van der Waals surface area contributed by atoms with Gasteiger partial charge in [0.25, 0.3) is 0 Å². The summed E-state index contributed by atoms with van der Waals surface area (Å²) in [5.41, 5.74) is -4.58. The molecule has 0 radical (unpaired) electrons. The molecule has 1 unspecified atom stereocenters. The van der Waals surface area contributed by atoms with Gasteiger partial charge in [0.2, 0.25) is 5.60 Å². The fraction of sp³-hybridized carbons (Fsp3) is 0.200. The lowest BCUT2D eigenvalue weighted by molar-refractivity contribution is -0.256. The lowest BCUT2D eigenvalue weighted by Crippen LogP contribution is -2.44. The monoisotopic (exact) mass is 458 g/mol. The average Bonchev–Trinajstić information content (AvgIpc) is 2.68. The molecule has 140 valence electrons. The van der Waals surface area contributed by atoms with E-state index < -0.39 is 53.9 Å². The molecule has 2 aromatic rings. The van der Waals surface area contributed by atoms with Gasteiger partial charge in [0.05, 0.1) is 15.1 Å². The van der Waals surface area contributed by atoms with Crippen LogP contribution in [0.2, 0.25) is 0 Å². The third-order valence-electron chi connectivity index (χ3n) is 3.75. The van der Waals surface area contributed by atoms with Crippen molar-refractivity contribution in [3.63, 3.8) is 0 Å². The number of hydrogen-bond donors (Lipinski definition) is 1. The molecule has 0 amide bonds. The van der Waals surface area contributed by atoms with Crippen LogP contribution < -0.4 is 4.74 Å². The number of sulfone groups is 1. The van der Waals surface area contributed by atoms with E-state index in [-0.39, 0.29) is 11.5 Å². The lowest BCUT2D eigenvalue weighted by Gasteiger charge is -2.26. The number of hydrogen-bond acceptors (Lipinski definition) is 4. The van der Waals surface area contributed by atoms with Crippen molar-refractivity contribution < 1.29 is 40.2 Å². The van der Waals surface area contributed by atoms with Gasteiger partial charge in [-0.2, -0.15) is 13.2 Å². The fourth-order valence-corrected chi connectivity index (χ4v) is 5.38. The van der Waals surface area contributed by atoms with Crippen molar-refractivity contribution >= 4 is 25.8 Å². The van der Waals surface area contributed by atoms with Gasteiger partial charge in [-0.1, -0.05) is 0 Å². The largest absolute Gasteiger partial charge is 0.456 e. The SMILES string of the molecule is O=S1(=O)CC(O)(C(F)(F)F)c2c1ccc(Oc1cc(F)cc(F)c1)c2Br. The van der Waals surface area contributed by atoms with Gasteiger partial charge in [0.15, 0.2) is 9.84 Å². The second-order valence-corrected chi connectivity index (χ2v) is 8.33. The lowest BCUT2D eigenvalue weighted by atomic mass is 9.95. The quantitative estimate of drug-likeness (QED) is 0.689. The third-order valence-corrected chi connectivity index (χ3v) is 6.34. The van der Waals surface area contributed by atoms with Crippen molar-refractivity contribution in [3.05, 3.63) is 52.0 Å². The Kier molecular flexibility index (Phi) is 4.32. The highest BCUT2D eigenvalue weighted by Crippen LogP contribution is 2.53. The van der Waals surface area contributed by atoms with Gasteiger partial charge in [0.1, 0.15) is 23.1 Å². The first-order valence-electron chi connectivity index (χ1n) is 6.84. The van der Waals surface area contributed by atoms with Crippen LogP contribution in [-0.2, 0) is 15.4 Å². The second-order valence-electron chi connectivity index (χ2n) is 5.58. The summed E-state index contributed by atoms with van der Waals surface area (Å²) in [6.45, 7) is 0. The Balaban J connectivity index is 2.17. The van der Waals surface area contributed by atoms with Crippen LogP contribution in [0.5, 0.6) is 11.5 Å². The van der Waals surface area contributed by atoms with E-state index >= 15 is 0 Å². The minimum absolute atomic E-state index is 0.353. The van der Waals surface area contributed by atoms with E-state index in [2.05, 4.69) is 15.9 Å². The molecule has 2 aromatic carbocycles. The van der Waals surface area contributed by atoms with Gasteiger partial charge in [-0.3, -0.25) is 0 Å². The van der Waals surface area contributed by atoms with Crippen molar-refractivity contribution in [1.82, 2.24) is 0 Å². The maximum Gasteiger partial charge on any atom is 0.422 e. The van der Waals surface area contributed by atoms with Gasteiger partial charge >= 0.3 is 6.18 Å². The van der Waals surface area contributed by atoms with Crippen LogP contribution in [0.15, 0.2) is 39.7 Å². The Bertz CT molecular complexity index is 986. The van der Waals surface area contributed by atoms with Gasteiger partial charge in [-0.15, -0.1) is 0 Å². The van der Waals surface area contributed by atoms with Crippen LogP contribution in [0, 0.1) is 11.6 Å². The van der Waals surface area contributed by atoms with Crippen molar-refractivity contribution in [2.75, 3.05) is 5.75 Å². The van der Waals surface area contributed by atoms with E-state index in [4.69, 9.17) is 4.74 Å². The van der Waals surface area contributed by atoms with E-state index in [1.165, 1.54) is 0 Å². The molecule has 11 heteroatoms. The molecule has 0 bridgehead atoms. The van der Waals surface area contributed by atoms with Crippen LogP contribution in [0.3, 0.4) is 0 Å². The highest BCUT2D eigenvalue weighted by molar-refractivity contribution is 9.10. The van der Waals surface area contributed by atoms with Crippen LogP contribution >= 0.6 is 15.9 Å². The number of aliphatic hydroxyl groups is 1. The summed E-state index contributed by atoms with van der Waals surface area (Å²) in [4.78, 5) is -0.707. The second kappa shape index (κ2) is 5.89. The standard InChI is InChI=1S/C15H8BrF5O4S/c16-13-10(25-9-4-7(17)3-8(18)5-9)1-2-11-12(13)14(22,15(19,20)21)6-26(11,23)24/h1-5,22H,6H2. The van der Waals surface area contributed by atoms with Crippen LogP contribution in [-0.4, -0.2) is 25.5 Å². The van der Waals surface area contributed by atoms with E-state index in [1.807, 2.05) is 0 Å². The maximum absolute atomic E-state index is 13.3. The van der Waals surface area contributed by atoms with Gasteiger partial charge in [0, 0.05) is 23.8 Å². The summed E-state index contributed by atoms with van der Waals surface area (Å²) in [6.07, 6.45) is -5.28. The number of benzene rings is 2. The minimum atomic E-state index is -5.28. The van der Waals surface area contributed by atoms with E-state index in [0.717, 1.165) is 24.3 Å². The van der Waals surface area contributed by atoms with Crippen molar-refractivity contribution in [1.29, 1.82) is 0 Å². The summed E-state index contributed by atoms with van der Waals surface area (Å²) < 4.78 is 95.2. The highest BCUT2D eigenvalue weighted by atomic mass is 79.9. The van der Waals surface area contributed by atoms with Crippen LogP contribution in [0.1, 0.15) is 5.56 Å². The van der Waals surface area contributed by atoms with Crippen LogP contribution in [0.4, 0.5) is 22.0 Å². The summed E-state index contributed by atoms with van der Waals surface area (Å²) in [7, 11) is -4.40. The Morgan fingerprint density at radius 3 is 2.23 bits per heavy atom. The molecule has 1 aliphatic rings. The molecular formula is C15H8BrF5O4S. The molecule has 0 aromatic heterocycles. The normalized spacial score (nSPS) is 21.5. The highest BCUT2D eigenvalue weighted by Gasteiger charge is 2.63. The zero-order chi connectivity index (χ0) is 19.5. The smallest absolute Gasteiger partial charge is 0.422 e. The summed E-state index contributed by atoms with van der Waals surface area (Å²) in [5.74, 6) is -4.25. The Labute approximate surface area is 152 Å². The number of ether oxygens (including phenoxy) is 1. The van der Waals surface area contributed by atoms with Gasteiger partial charge in [-0.05, 0) is 28.1 Å². The van der Waals surface area contributed by atoms with E-state index in [0.29, 0.717) is 6.07 Å². The van der Waals surface area contributed by atoms with E-state index in [1.54, 1.807) is 0 Å². The van der Waals surface area contributed by atoms with Crippen molar-refractivity contribution in [3.8, 4) is 11.5 Å². The average molecular weight is 459 g/mol. The summed E-state index contributed by atoms with van der Waals surface area (Å²) >= 11 is 2.81. The predicted molar refractivity (Wildman–Crippen MR) is 82.6 cm³/mol. The molecule has 0 spiro atoms. The number of halogens is 6. The summed E-state index contributed by atoms with van der Waals surface area (Å²) in [5, 5.41) is 10.1. The first-order valence-corrected chi connectivity index (χ1v) is 9.28. The van der Waals surface area contributed by atoms with E-state index in [9.17, 15) is 35.5 Å². The topological polar surface area (TPSA) is 63.6 Å². The maximum atomic E-state index is 13.3. The number of alkyl halides is 3. The van der Waals surface area contributed by atoms with Crippen molar-refractivity contribution in [2.45, 2.75) is 16.7 Å². The molecule has 4 nitrogen and oxygen atoms in total. The number of fused-ring (bicyclic) bond motifs is 1. The molecule has 3 rings (SSSR count). The predicted octanol–water partition coefficient (Wildman–Crippen LogP) is 4.06. The molecule has 1 heterocycles. The molecule has 1 atom stereocenters. The summed E-state index contributed by atoms with van der Waals surface area (Å²) in [6, 6.07) is 4.00. The van der Waals surface area contributed by atoms with Gasteiger partial charge < -0.3 is 9.84 Å². The third kappa shape index (κ3) is 2.97. The minimum Gasteiger partial charge on any atom is -0.456 e. The first kappa shape index (κ1) is 19.1. The molecule has 0 aliphatic carbocycles. The molecule has 0 saturated carbocycles. The zero-order valence-corrected chi connectivity index (χ0v) is 14.8. The molecule has 26 heavy (non-hydrogen) atoms. The number of rotatable bonds is 2. The Morgan fingerprint density at radius 1 is 1.12 bits per heavy atom. The molecule has 1 aliphatic heterocycles. The first-order chi connectivity index (χ1) is 11.8. The Morgan fingerprint density at radius 2 is 1.69 bits per heavy atom. The van der Waals surface area contributed by atoms with Crippen LogP contribution in [0.25, 0.3) is 0 Å².